The standard InChI is InChI=1S/C26H23FN4O/c1-30-25(17-5-2-7-19(27)14-17)21-15-20-8-3-9-23(24(21)29-30)31(20)26(32)18-10-11-22-16(13-18)6-4-12-28-22/h2,4-7,10-14,20,23H,3,8-9,15H2,1H3. The molecule has 5 nitrogen and oxygen atoms in total. The van der Waals surface area contributed by atoms with Gasteiger partial charge in [0.2, 0.25) is 0 Å². The second-order valence-corrected chi connectivity index (χ2v) is 8.77. The molecule has 0 radical (unpaired) electrons. The zero-order valence-electron chi connectivity index (χ0n) is 17.8. The van der Waals surface area contributed by atoms with Crippen LogP contribution in [0.1, 0.15) is 46.9 Å². The van der Waals surface area contributed by atoms with Crippen LogP contribution < -0.4 is 0 Å². The van der Waals surface area contributed by atoms with Crippen LogP contribution in [0.5, 0.6) is 0 Å². The minimum absolute atomic E-state index is 0.0501. The van der Waals surface area contributed by atoms with Gasteiger partial charge in [0, 0.05) is 41.4 Å². The molecule has 2 aromatic heterocycles. The first-order valence-electron chi connectivity index (χ1n) is 11.1. The molecule has 4 aromatic rings. The predicted molar refractivity (Wildman–Crippen MR) is 121 cm³/mol. The van der Waals surface area contributed by atoms with Crippen molar-refractivity contribution in [1.29, 1.82) is 0 Å². The highest BCUT2D eigenvalue weighted by molar-refractivity contribution is 5.98. The molecule has 160 valence electrons. The Morgan fingerprint density at radius 1 is 1.09 bits per heavy atom. The van der Waals surface area contributed by atoms with Crippen LogP contribution in [0.2, 0.25) is 0 Å². The highest BCUT2D eigenvalue weighted by Crippen LogP contribution is 2.45. The van der Waals surface area contributed by atoms with Crippen molar-refractivity contribution in [2.75, 3.05) is 0 Å². The van der Waals surface area contributed by atoms with E-state index in [-0.39, 0.29) is 23.8 Å². The number of carbonyl (C=O) groups is 1. The van der Waals surface area contributed by atoms with E-state index in [1.165, 1.54) is 6.07 Å². The molecular weight excluding hydrogens is 403 g/mol. The van der Waals surface area contributed by atoms with E-state index in [2.05, 4.69) is 4.98 Å². The Morgan fingerprint density at radius 3 is 2.88 bits per heavy atom. The maximum absolute atomic E-state index is 13.9. The molecule has 0 saturated carbocycles. The smallest absolute Gasteiger partial charge is 0.254 e. The van der Waals surface area contributed by atoms with Gasteiger partial charge in [0.15, 0.2) is 0 Å². The fraction of sp³-hybridized carbons (Fsp3) is 0.269. The number of halogens is 1. The molecule has 4 heterocycles. The maximum Gasteiger partial charge on any atom is 0.254 e. The number of aromatic nitrogens is 3. The average molecular weight is 426 g/mol. The minimum Gasteiger partial charge on any atom is -0.327 e. The van der Waals surface area contributed by atoms with E-state index >= 15 is 0 Å². The number of rotatable bonds is 2. The lowest BCUT2D eigenvalue weighted by molar-refractivity contribution is 0.0392. The molecule has 6 rings (SSSR count). The first-order valence-corrected chi connectivity index (χ1v) is 11.1. The van der Waals surface area contributed by atoms with E-state index in [1.807, 2.05) is 53.0 Å². The lowest BCUT2D eigenvalue weighted by atomic mass is 9.81. The van der Waals surface area contributed by atoms with Crippen LogP contribution in [0.25, 0.3) is 22.2 Å². The number of aryl methyl sites for hydroxylation is 1. The Balaban J connectivity index is 1.42. The molecule has 0 N–H and O–H groups in total. The second kappa shape index (κ2) is 7.26. The predicted octanol–water partition coefficient (Wildman–Crippen LogP) is 5.07. The number of hydrogen-bond acceptors (Lipinski definition) is 3. The molecule has 1 amide bonds. The van der Waals surface area contributed by atoms with Crippen molar-refractivity contribution >= 4 is 16.8 Å². The van der Waals surface area contributed by atoms with Crippen molar-refractivity contribution in [3.63, 3.8) is 0 Å². The van der Waals surface area contributed by atoms with E-state index in [4.69, 9.17) is 5.10 Å². The molecule has 6 heteroatoms. The van der Waals surface area contributed by atoms with Gasteiger partial charge in [-0.3, -0.25) is 14.5 Å². The van der Waals surface area contributed by atoms with Crippen LogP contribution in [-0.2, 0) is 13.5 Å². The number of piperidine rings is 1. The van der Waals surface area contributed by atoms with E-state index in [0.717, 1.165) is 59.1 Å². The summed E-state index contributed by atoms with van der Waals surface area (Å²) in [5, 5.41) is 5.81. The van der Waals surface area contributed by atoms with E-state index in [0.29, 0.717) is 5.56 Å². The Labute approximate surface area is 185 Å². The average Bonchev–Trinajstić information content (AvgIpc) is 3.13. The van der Waals surface area contributed by atoms with Gasteiger partial charge in [0.1, 0.15) is 5.82 Å². The minimum atomic E-state index is -0.254. The number of fused-ring (bicyclic) bond motifs is 5. The summed E-state index contributed by atoms with van der Waals surface area (Å²) in [5.74, 6) is -0.204. The van der Waals surface area contributed by atoms with Crippen LogP contribution in [0, 0.1) is 5.82 Å². The molecule has 2 bridgehead atoms. The molecule has 2 unspecified atom stereocenters. The fourth-order valence-electron chi connectivity index (χ4n) is 5.50. The first kappa shape index (κ1) is 19.2. The van der Waals surface area contributed by atoms with Gasteiger partial charge in [-0.15, -0.1) is 0 Å². The molecule has 0 aliphatic carbocycles. The highest BCUT2D eigenvalue weighted by atomic mass is 19.1. The third-order valence-electron chi connectivity index (χ3n) is 6.86. The summed E-state index contributed by atoms with van der Waals surface area (Å²) in [5.41, 5.74) is 5.47. The van der Waals surface area contributed by atoms with E-state index in [9.17, 15) is 9.18 Å². The number of benzene rings is 2. The summed E-state index contributed by atoms with van der Waals surface area (Å²) in [6.45, 7) is 0. The topological polar surface area (TPSA) is 51.0 Å². The first-order chi connectivity index (χ1) is 15.6. The molecule has 2 atom stereocenters. The van der Waals surface area contributed by atoms with Crippen LogP contribution in [0.4, 0.5) is 4.39 Å². The Bertz CT molecular complexity index is 1360. The zero-order chi connectivity index (χ0) is 21.8. The summed E-state index contributed by atoms with van der Waals surface area (Å²) in [7, 11) is 1.91. The molecule has 1 fully saturated rings. The van der Waals surface area contributed by atoms with Gasteiger partial charge in [-0.25, -0.2) is 4.39 Å². The molecule has 2 aromatic carbocycles. The van der Waals surface area contributed by atoms with E-state index in [1.54, 1.807) is 18.3 Å². The normalized spacial score (nSPS) is 19.8. The Kier molecular flexibility index (Phi) is 4.35. The Morgan fingerprint density at radius 2 is 2.00 bits per heavy atom. The molecule has 1 saturated heterocycles. The maximum atomic E-state index is 13.9. The number of amides is 1. The lowest BCUT2D eigenvalue weighted by Gasteiger charge is -2.45. The zero-order valence-corrected chi connectivity index (χ0v) is 17.8. The van der Waals surface area contributed by atoms with Crippen LogP contribution in [0.3, 0.4) is 0 Å². The van der Waals surface area contributed by atoms with Crippen molar-refractivity contribution in [2.45, 2.75) is 37.8 Å². The van der Waals surface area contributed by atoms with Crippen molar-refractivity contribution < 1.29 is 9.18 Å². The van der Waals surface area contributed by atoms with Crippen molar-refractivity contribution in [2.24, 2.45) is 7.05 Å². The molecule has 0 spiro atoms. The molecular formula is C26H23FN4O. The molecule has 2 aliphatic heterocycles. The number of hydrogen-bond donors (Lipinski definition) is 0. The largest absolute Gasteiger partial charge is 0.327 e. The van der Waals surface area contributed by atoms with Gasteiger partial charge >= 0.3 is 0 Å². The van der Waals surface area contributed by atoms with Crippen molar-refractivity contribution in [1.82, 2.24) is 19.7 Å². The monoisotopic (exact) mass is 426 g/mol. The van der Waals surface area contributed by atoms with E-state index < -0.39 is 0 Å². The van der Waals surface area contributed by atoms with Gasteiger partial charge in [-0.05, 0) is 62.1 Å². The third kappa shape index (κ3) is 2.93. The summed E-state index contributed by atoms with van der Waals surface area (Å²) >= 11 is 0. The summed E-state index contributed by atoms with van der Waals surface area (Å²) in [4.78, 5) is 20.1. The molecule has 2 aliphatic rings. The van der Waals surface area contributed by atoms with Crippen LogP contribution >= 0.6 is 0 Å². The quantitative estimate of drug-likeness (QED) is 0.450. The lowest BCUT2D eigenvalue weighted by Crippen LogP contribution is -2.49. The summed E-state index contributed by atoms with van der Waals surface area (Å²) in [6.07, 6.45) is 5.44. The van der Waals surface area contributed by atoms with Gasteiger partial charge in [-0.1, -0.05) is 18.2 Å². The fourth-order valence-corrected chi connectivity index (χ4v) is 5.50. The van der Waals surface area contributed by atoms with Gasteiger partial charge in [0.05, 0.1) is 22.9 Å². The summed E-state index contributed by atoms with van der Waals surface area (Å²) in [6, 6.07) is 16.3. The van der Waals surface area contributed by atoms with Crippen LogP contribution in [-0.4, -0.2) is 31.6 Å². The van der Waals surface area contributed by atoms with Gasteiger partial charge in [-0.2, -0.15) is 5.10 Å². The van der Waals surface area contributed by atoms with Crippen molar-refractivity contribution in [3.8, 4) is 11.3 Å². The number of pyridine rings is 1. The van der Waals surface area contributed by atoms with Gasteiger partial charge in [0.25, 0.3) is 5.91 Å². The third-order valence-corrected chi connectivity index (χ3v) is 6.86. The highest BCUT2D eigenvalue weighted by Gasteiger charge is 2.43. The summed E-state index contributed by atoms with van der Waals surface area (Å²) < 4.78 is 15.8. The van der Waals surface area contributed by atoms with Crippen LogP contribution in [0.15, 0.2) is 60.8 Å². The van der Waals surface area contributed by atoms with Crippen molar-refractivity contribution in [3.05, 3.63) is 83.4 Å². The number of nitrogens with zero attached hydrogens (tertiary/aromatic N) is 4. The second-order valence-electron chi connectivity index (χ2n) is 8.77. The Hall–Kier alpha value is -3.54. The van der Waals surface area contributed by atoms with Gasteiger partial charge < -0.3 is 4.90 Å². The molecule has 32 heavy (non-hydrogen) atoms. The SMILES string of the molecule is Cn1nc2c(c1-c1cccc(F)c1)CC1CCCC2N1C(=O)c1ccc2ncccc2c1. The number of carbonyl (C=O) groups excluding carboxylic acids is 1.